The second-order valence-corrected chi connectivity index (χ2v) is 9.40. The normalized spacial score (nSPS) is 14.7. The smallest absolute Gasteiger partial charge is 0.167 e. The van der Waals surface area contributed by atoms with E-state index in [9.17, 15) is 0 Å². The highest BCUT2D eigenvalue weighted by atomic mass is 127. The van der Waals surface area contributed by atoms with Crippen LogP contribution in [0.2, 0.25) is 5.15 Å². The van der Waals surface area contributed by atoms with Gasteiger partial charge in [-0.2, -0.15) is 0 Å². The molecule has 0 saturated heterocycles. The number of anilines is 2. The molecule has 1 aromatic carbocycles. The van der Waals surface area contributed by atoms with Crippen LogP contribution in [0.1, 0.15) is 30.1 Å². The molecule has 1 fully saturated rings. The van der Waals surface area contributed by atoms with Gasteiger partial charge in [0, 0.05) is 11.0 Å². The maximum absolute atomic E-state index is 6.28. The standard InChI is InChI=1S/C17H17ClIN4PS/c1-9-20-16-13(8-15(18)22-17(16)23(9)24-19)21-12-6-5-11(10-3-4-10)7-14(12)25-2/h5-8,10,24H,3-4H2,1-2H3,(H,21,22). The lowest BCUT2D eigenvalue weighted by molar-refractivity contribution is 1.10. The molecule has 4 rings (SSSR count). The zero-order valence-electron chi connectivity index (χ0n) is 13.8. The number of hydrogen-bond acceptors (Lipinski definition) is 4. The van der Waals surface area contributed by atoms with Crippen LogP contribution in [-0.2, 0) is 0 Å². The number of fused-ring (bicyclic) bond motifs is 1. The van der Waals surface area contributed by atoms with E-state index >= 15 is 0 Å². The van der Waals surface area contributed by atoms with Crippen molar-refractivity contribution in [2.75, 3.05) is 11.6 Å². The average molecular weight is 503 g/mol. The largest absolute Gasteiger partial charge is 0.353 e. The molecule has 1 unspecified atom stereocenters. The molecule has 0 spiro atoms. The van der Waals surface area contributed by atoms with Crippen molar-refractivity contribution >= 4 is 74.3 Å². The zero-order chi connectivity index (χ0) is 17.6. The Balaban J connectivity index is 1.78. The minimum Gasteiger partial charge on any atom is -0.353 e. The summed E-state index contributed by atoms with van der Waals surface area (Å²) in [7, 11) is 0. The number of aromatic nitrogens is 3. The summed E-state index contributed by atoms with van der Waals surface area (Å²) >= 11 is 10.4. The number of rotatable bonds is 5. The first-order chi connectivity index (χ1) is 12.1. The van der Waals surface area contributed by atoms with E-state index in [2.05, 4.69) is 61.1 Å². The van der Waals surface area contributed by atoms with Gasteiger partial charge in [-0.15, -0.1) is 11.8 Å². The molecule has 1 N–H and O–H groups in total. The minimum atomic E-state index is 0.478. The van der Waals surface area contributed by atoms with E-state index in [1.165, 1.54) is 23.3 Å². The number of aryl methyl sites for hydroxylation is 1. The van der Waals surface area contributed by atoms with Crippen LogP contribution in [0.3, 0.4) is 0 Å². The third-order valence-electron chi connectivity index (χ3n) is 4.38. The lowest BCUT2D eigenvalue weighted by Gasteiger charge is -2.13. The Hall–Kier alpha value is -0.560. The predicted octanol–water partition coefficient (Wildman–Crippen LogP) is 6.53. The molecule has 1 aliphatic carbocycles. The van der Waals surface area contributed by atoms with Gasteiger partial charge in [-0.1, -0.05) is 17.7 Å². The third kappa shape index (κ3) is 3.51. The number of thioether (sulfide) groups is 1. The molecular formula is C17H17ClIN4PS. The summed E-state index contributed by atoms with van der Waals surface area (Å²) in [6.45, 7) is 2.00. The minimum absolute atomic E-state index is 0.478. The Morgan fingerprint density at radius 1 is 1.28 bits per heavy atom. The topological polar surface area (TPSA) is 42.7 Å². The second kappa shape index (κ2) is 7.22. The quantitative estimate of drug-likeness (QED) is 0.186. The molecule has 2 heterocycles. The van der Waals surface area contributed by atoms with Crippen LogP contribution in [0.5, 0.6) is 0 Å². The van der Waals surface area contributed by atoms with E-state index in [1.54, 1.807) is 11.8 Å². The fourth-order valence-electron chi connectivity index (χ4n) is 2.95. The fraction of sp³-hybridized carbons (Fsp3) is 0.294. The zero-order valence-corrected chi connectivity index (χ0v) is 18.5. The van der Waals surface area contributed by atoms with Crippen molar-refractivity contribution in [3.05, 3.63) is 40.8 Å². The summed E-state index contributed by atoms with van der Waals surface area (Å²) < 4.78 is 2.10. The SMILES string of the molecule is CSc1cc(C2CC2)ccc1Nc1cc(Cl)nc2c1nc(C)n2PI. The van der Waals surface area contributed by atoms with Gasteiger partial charge < -0.3 is 5.32 Å². The Kier molecular flexibility index (Phi) is 5.15. The van der Waals surface area contributed by atoms with Crippen LogP contribution in [0, 0.1) is 6.92 Å². The number of pyridine rings is 1. The Morgan fingerprint density at radius 3 is 2.76 bits per heavy atom. The number of benzene rings is 1. The van der Waals surface area contributed by atoms with Crippen LogP contribution in [-0.4, -0.2) is 20.6 Å². The van der Waals surface area contributed by atoms with Gasteiger partial charge in [-0.3, -0.25) is 4.34 Å². The molecule has 2 aromatic heterocycles. The molecule has 0 amide bonds. The van der Waals surface area contributed by atoms with Crippen LogP contribution in [0.4, 0.5) is 11.4 Å². The molecule has 0 aliphatic heterocycles. The van der Waals surface area contributed by atoms with Crippen LogP contribution < -0.4 is 5.32 Å². The van der Waals surface area contributed by atoms with Gasteiger partial charge in [-0.25, -0.2) is 9.97 Å². The highest BCUT2D eigenvalue weighted by Crippen LogP contribution is 2.43. The van der Waals surface area contributed by atoms with Gasteiger partial charge >= 0.3 is 0 Å². The predicted molar refractivity (Wildman–Crippen MR) is 118 cm³/mol. The lowest BCUT2D eigenvalue weighted by Crippen LogP contribution is -1.96. The van der Waals surface area contributed by atoms with Gasteiger partial charge in [0.05, 0.1) is 17.7 Å². The highest BCUT2D eigenvalue weighted by molar-refractivity contribution is 14.2. The monoisotopic (exact) mass is 502 g/mol. The molecule has 25 heavy (non-hydrogen) atoms. The second-order valence-electron chi connectivity index (χ2n) is 6.10. The number of halogens is 2. The van der Waals surface area contributed by atoms with Gasteiger partial charge in [-0.05, 0) is 71.7 Å². The van der Waals surface area contributed by atoms with E-state index in [0.29, 0.717) is 11.5 Å². The van der Waals surface area contributed by atoms with Crippen molar-refractivity contribution in [2.45, 2.75) is 30.6 Å². The van der Waals surface area contributed by atoms with Crippen molar-refractivity contribution in [2.24, 2.45) is 0 Å². The lowest BCUT2D eigenvalue weighted by atomic mass is 10.1. The summed E-state index contributed by atoms with van der Waals surface area (Å²) in [4.78, 5) is 10.4. The summed E-state index contributed by atoms with van der Waals surface area (Å²) in [5.41, 5.74) is 5.13. The van der Waals surface area contributed by atoms with E-state index in [-0.39, 0.29) is 0 Å². The molecule has 3 aromatic rings. The van der Waals surface area contributed by atoms with Crippen molar-refractivity contribution < 1.29 is 0 Å². The molecule has 1 aliphatic rings. The molecule has 4 nitrogen and oxygen atoms in total. The molecular weight excluding hydrogens is 486 g/mol. The highest BCUT2D eigenvalue weighted by Gasteiger charge is 2.24. The Bertz CT molecular complexity index is 957. The molecule has 0 bridgehead atoms. The molecule has 8 heteroatoms. The van der Waals surface area contributed by atoms with Crippen molar-refractivity contribution in [1.29, 1.82) is 0 Å². The number of nitrogens with zero attached hydrogens (tertiary/aromatic N) is 3. The number of imidazole rings is 1. The maximum atomic E-state index is 6.28. The third-order valence-corrected chi connectivity index (χ3v) is 7.50. The van der Waals surface area contributed by atoms with Crippen LogP contribution >= 0.6 is 51.8 Å². The van der Waals surface area contributed by atoms with Crippen molar-refractivity contribution in [3.8, 4) is 0 Å². The molecule has 0 radical (unpaired) electrons. The van der Waals surface area contributed by atoms with Gasteiger partial charge in [0.2, 0.25) is 0 Å². The summed E-state index contributed by atoms with van der Waals surface area (Å²) in [6, 6.07) is 8.57. The van der Waals surface area contributed by atoms with E-state index in [0.717, 1.165) is 34.3 Å². The van der Waals surface area contributed by atoms with Crippen molar-refractivity contribution in [3.63, 3.8) is 0 Å². The Morgan fingerprint density at radius 2 is 2.08 bits per heavy atom. The summed E-state index contributed by atoms with van der Waals surface area (Å²) in [5, 5.41) is 4.02. The summed E-state index contributed by atoms with van der Waals surface area (Å²) in [5.74, 6) is 1.71. The van der Waals surface area contributed by atoms with E-state index in [1.807, 2.05) is 13.0 Å². The van der Waals surface area contributed by atoms with E-state index in [4.69, 9.17) is 16.6 Å². The van der Waals surface area contributed by atoms with Gasteiger partial charge in [0.25, 0.3) is 0 Å². The first-order valence-electron chi connectivity index (χ1n) is 7.98. The molecule has 1 saturated carbocycles. The number of nitrogens with one attached hydrogen (secondary N) is 1. The fourth-order valence-corrected chi connectivity index (χ4v) is 5.87. The summed E-state index contributed by atoms with van der Waals surface area (Å²) in [6.07, 6.45) is 5.28. The van der Waals surface area contributed by atoms with E-state index < -0.39 is 0 Å². The van der Waals surface area contributed by atoms with Crippen LogP contribution in [0.25, 0.3) is 11.2 Å². The first-order valence-corrected chi connectivity index (χ1v) is 13.6. The molecule has 1 atom stereocenters. The maximum Gasteiger partial charge on any atom is 0.167 e. The average Bonchev–Trinajstić information content (AvgIpc) is 3.39. The number of hydrogen-bond donors (Lipinski definition) is 1. The first kappa shape index (κ1) is 17.8. The van der Waals surface area contributed by atoms with Gasteiger partial charge in [0.15, 0.2) is 5.65 Å². The Labute approximate surface area is 170 Å². The molecule has 130 valence electrons. The van der Waals surface area contributed by atoms with Crippen LogP contribution in [0.15, 0.2) is 29.2 Å². The van der Waals surface area contributed by atoms with Crippen molar-refractivity contribution in [1.82, 2.24) is 14.3 Å². The van der Waals surface area contributed by atoms with Gasteiger partial charge in [0.1, 0.15) is 16.5 Å².